The van der Waals surface area contributed by atoms with E-state index >= 15 is 0 Å². The van der Waals surface area contributed by atoms with Crippen LogP contribution < -0.4 is 5.32 Å². The molecule has 0 saturated carbocycles. The highest BCUT2D eigenvalue weighted by molar-refractivity contribution is 5.82. The molecule has 3 aliphatic rings. The number of nitrogens with zero attached hydrogens (tertiary/aromatic N) is 2. The molecule has 0 aliphatic carbocycles. The molecule has 2 aromatic rings. The van der Waals surface area contributed by atoms with Crippen molar-refractivity contribution in [1.82, 2.24) is 14.9 Å². The first-order valence-electron chi connectivity index (χ1n) is 11.1. The van der Waals surface area contributed by atoms with Crippen LogP contribution in [0.3, 0.4) is 0 Å². The second kappa shape index (κ2) is 7.50. The molecule has 0 radical (unpaired) electrons. The van der Waals surface area contributed by atoms with E-state index in [1.807, 2.05) is 52.0 Å². The first-order chi connectivity index (χ1) is 15.0. The Bertz CT molecular complexity index is 1030. The van der Waals surface area contributed by atoms with E-state index in [1.165, 1.54) is 0 Å². The van der Waals surface area contributed by atoms with E-state index in [2.05, 4.69) is 23.7 Å². The molecule has 5 rings (SSSR count). The average Bonchev–Trinajstić information content (AvgIpc) is 3.33. The number of carbonyl (C=O) groups excluding carboxylic acids is 1. The van der Waals surface area contributed by atoms with Gasteiger partial charge in [0, 0.05) is 6.04 Å². The summed E-state index contributed by atoms with van der Waals surface area (Å²) in [5.74, 6) is -1.20. The summed E-state index contributed by atoms with van der Waals surface area (Å²) >= 11 is 0. The molecule has 32 heavy (non-hydrogen) atoms. The number of carbonyl (C=O) groups is 1. The second-order valence-corrected chi connectivity index (χ2v) is 9.79. The standard InChI is InChI=1S/C23H31N3O6/c1-12(2)26-14-10-8-7-9-13(14)25-15(26)11-24-20(27)18-16-17(30-22(3,4)29-16)19-21(28-18)32-23(5,6)31-19/h7-10,12,16-19,21H,11H2,1-6H3,(H,24,27)/t16-,17+,18+,19-,21-/m1/s1. The smallest absolute Gasteiger partial charge is 0.252 e. The Kier molecular flexibility index (Phi) is 5.10. The van der Waals surface area contributed by atoms with Crippen molar-refractivity contribution in [3.05, 3.63) is 30.1 Å². The first kappa shape index (κ1) is 21.8. The number of imidazole rings is 1. The van der Waals surface area contributed by atoms with Gasteiger partial charge in [-0.05, 0) is 53.7 Å². The fourth-order valence-electron chi connectivity index (χ4n) is 4.89. The van der Waals surface area contributed by atoms with Crippen molar-refractivity contribution >= 4 is 16.9 Å². The molecule has 1 N–H and O–H groups in total. The lowest BCUT2D eigenvalue weighted by molar-refractivity contribution is -0.231. The summed E-state index contributed by atoms with van der Waals surface area (Å²) in [5.41, 5.74) is 1.94. The molecule has 3 saturated heterocycles. The lowest BCUT2D eigenvalue weighted by atomic mass is 9.98. The van der Waals surface area contributed by atoms with Crippen molar-refractivity contribution in [1.29, 1.82) is 0 Å². The van der Waals surface area contributed by atoms with Crippen molar-refractivity contribution in [2.24, 2.45) is 0 Å². The van der Waals surface area contributed by atoms with Crippen LogP contribution in [0.4, 0.5) is 0 Å². The Hall–Kier alpha value is -2.04. The van der Waals surface area contributed by atoms with Crippen LogP contribution in [0.1, 0.15) is 53.4 Å². The zero-order valence-corrected chi connectivity index (χ0v) is 19.3. The van der Waals surface area contributed by atoms with Crippen LogP contribution in [-0.4, -0.2) is 57.7 Å². The van der Waals surface area contributed by atoms with Gasteiger partial charge >= 0.3 is 0 Å². The van der Waals surface area contributed by atoms with Gasteiger partial charge in [-0.2, -0.15) is 0 Å². The molecule has 9 nitrogen and oxygen atoms in total. The number of benzene rings is 1. The van der Waals surface area contributed by atoms with E-state index < -0.39 is 42.3 Å². The predicted octanol–water partition coefficient (Wildman–Crippen LogP) is 2.63. The molecule has 1 aromatic carbocycles. The lowest BCUT2D eigenvalue weighted by Gasteiger charge is -2.36. The monoisotopic (exact) mass is 445 g/mol. The molecule has 4 heterocycles. The van der Waals surface area contributed by atoms with Crippen LogP contribution in [0.15, 0.2) is 24.3 Å². The molecule has 0 spiro atoms. The SMILES string of the molecule is CC(C)n1c(CNC(=O)[C@H]2O[C@@H]3OC(C)(C)O[C@@H]3[C@H]3OC(C)(C)O[C@H]32)nc2ccccc21. The van der Waals surface area contributed by atoms with E-state index in [0.29, 0.717) is 0 Å². The minimum Gasteiger partial charge on any atom is -0.347 e. The Morgan fingerprint density at radius 3 is 2.44 bits per heavy atom. The van der Waals surface area contributed by atoms with Crippen molar-refractivity contribution in [3.63, 3.8) is 0 Å². The van der Waals surface area contributed by atoms with E-state index in [4.69, 9.17) is 28.7 Å². The zero-order chi connectivity index (χ0) is 22.8. The number of aromatic nitrogens is 2. The van der Waals surface area contributed by atoms with E-state index in [0.717, 1.165) is 16.9 Å². The van der Waals surface area contributed by atoms with Gasteiger partial charge in [0.1, 0.15) is 24.1 Å². The molecule has 1 aromatic heterocycles. The topological polar surface area (TPSA) is 93.1 Å². The molecule has 9 heteroatoms. The summed E-state index contributed by atoms with van der Waals surface area (Å²) in [5, 5.41) is 2.99. The van der Waals surface area contributed by atoms with Crippen molar-refractivity contribution < 1.29 is 28.5 Å². The van der Waals surface area contributed by atoms with Gasteiger partial charge in [-0.15, -0.1) is 0 Å². The van der Waals surface area contributed by atoms with Gasteiger partial charge < -0.3 is 33.6 Å². The van der Waals surface area contributed by atoms with Gasteiger partial charge in [-0.25, -0.2) is 4.98 Å². The summed E-state index contributed by atoms with van der Waals surface area (Å²) in [6.07, 6.45) is -3.14. The van der Waals surface area contributed by atoms with E-state index in [9.17, 15) is 4.79 Å². The van der Waals surface area contributed by atoms with Crippen LogP contribution >= 0.6 is 0 Å². The fourth-order valence-corrected chi connectivity index (χ4v) is 4.89. The van der Waals surface area contributed by atoms with Crippen molar-refractivity contribution in [3.8, 4) is 0 Å². The molecule has 3 fully saturated rings. The Morgan fingerprint density at radius 2 is 1.69 bits per heavy atom. The van der Waals surface area contributed by atoms with Gasteiger partial charge in [-0.3, -0.25) is 4.79 Å². The third kappa shape index (κ3) is 3.72. The summed E-state index contributed by atoms with van der Waals surface area (Å²) in [6.45, 7) is 11.7. The number of para-hydroxylation sites is 2. The summed E-state index contributed by atoms with van der Waals surface area (Å²) in [4.78, 5) is 18.0. The first-order valence-corrected chi connectivity index (χ1v) is 11.1. The molecular formula is C23H31N3O6. The number of hydrogen-bond donors (Lipinski definition) is 1. The van der Waals surface area contributed by atoms with Crippen molar-refractivity contribution in [2.75, 3.05) is 0 Å². The Labute approximate surface area is 187 Å². The van der Waals surface area contributed by atoms with E-state index in [1.54, 1.807) is 0 Å². The third-order valence-corrected chi connectivity index (χ3v) is 6.02. The lowest BCUT2D eigenvalue weighted by Crippen LogP contribution is -2.59. The number of nitrogens with one attached hydrogen (secondary N) is 1. The maximum absolute atomic E-state index is 13.3. The summed E-state index contributed by atoms with van der Waals surface area (Å²) < 4.78 is 32.2. The van der Waals surface area contributed by atoms with Crippen LogP contribution in [0.5, 0.6) is 0 Å². The number of ether oxygens (including phenoxy) is 5. The van der Waals surface area contributed by atoms with Crippen LogP contribution in [-0.2, 0) is 35.0 Å². The largest absolute Gasteiger partial charge is 0.347 e. The molecule has 0 unspecified atom stereocenters. The number of fused-ring (bicyclic) bond motifs is 4. The molecule has 174 valence electrons. The van der Waals surface area contributed by atoms with Gasteiger partial charge in [0.25, 0.3) is 5.91 Å². The van der Waals surface area contributed by atoms with Crippen LogP contribution in [0, 0.1) is 0 Å². The molecular weight excluding hydrogens is 414 g/mol. The summed E-state index contributed by atoms with van der Waals surface area (Å²) in [6, 6.07) is 8.15. The second-order valence-electron chi connectivity index (χ2n) is 9.79. The third-order valence-electron chi connectivity index (χ3n) is 6.02. The van der Waals surface area contributed by atoms with Gasteiger partial charge in [-0.1, -0.05) is 12.1 Å². The minimum atomic E-state index is -0.891. The van der Waals surface area contributed by atoms with Crippen molar-refractivity contribution in [2.45, 2.75) is 96.4 Å². The summed E-state index contributed by atoms with van der Waals surface area (Å²) in [7, 11) is 0. The highest BCUT2D eigenvalue weighted by Gasteiger charge is 2.62. The van der Waals surface area contributed by atoms with Gasteiger partial charge in [0.05, 0.1) is 17.6 Å². The normalized spacial score (nSPS) is 32.8. The molecule has 0 bridgehead atoms. The quantitative estimate of drug-likeness (QED) is 0.773. The fraction of sp³-hybridized carbons (Fsp3) is 0.652. The number of rotatable bonds is 4. The van der Waals surface area contributed by atoms with Gasteiger partial charge in [0.15, 0.2) is 24.0 Å². The molecule has 1 amide bonds. The van der Waals surface area contributed by atoms with Crippen LogP contribution in [0.25, 0.3) is 11.0 Å². The molecule has 5 atom stereocenters. The van der Waals surface area contributed by atoms with Gasteiger partial charge in [0.2, 0.25) is 0 Å². The van der Waals surface area contributed by atoms with E-state index in [-0.39, 0.29) is 18.5 Å². The highest BCUT2D eigenvalue weighted by atomic mass is 16.9. The maximum atomic E-state index is 13.3. The minimum absolute atomic E-state index is 0.198. The Balaban J connectivity index is 1.37. The maximum Gasteiger partial charge on any atom is 0.252 e. The average molecular weight is 446 g/mol. The molecule has 3 aliphatic heterocycles. The zero-order valence-electron chi connectivity index (χ0n) is 19.3. The predicted molar refractivity (Wildman–Crippen MR) is 114 cm³/mol. The highest BCUT2D eigenvalue weighted by Crippen LogP contribution is 2.44. The Morgan fingerprint density at radius 1 is 1.03 bits per heavy atom. The van der Waals surface area contributed by atoms with Crippen LogP contribution in [0.2, 0.25) is 0 Å². The number of amides is 1. The number of hydrogen-bond acceptors (Lipinski definition) is 7.